The summed E-state index contributed by atoms with van der Waals surface area (Å²) < 4.78 is 1.54. The second kappa shape index (κ2) is 6.19. The van der Waals surface area contributed by atoms with Crippen LogP contribution in [0, 0.1) is 0 Å². The first-order chi connectivity index (χ1) is 10.3. The molecule has 3 aromatic rings. The fourth-order valence-electron chi connectivity index (χ4n) is 1.90. The van der Waals surface area contributed by atoms with E-state index in [1.165, 1.54) is 10.4 Å². The maximum absolute atomic E-state index is 5.95. The second-order valence-electron chi connectivity index (χ2n) is 4.25. The summed E-state index contributed by atoms with van der Waals surface area (Å²) in [6, 6.07) is 3.93. The SMILES string of the molecule is CCc1ccsc1CNc1nc(Cl)nc(-n2cccn2)n1. The number of nitrogens with one attached hydrogen (secondary N) is 1. The van der Waals surface area contributed by atoms with Gasteiger partial charge in [0.1, 0.15) is 0 Å². The molecule has 0 aliphatic heterocycles. The first-order valence-electron chi connectivity index (χ1n) is 6.47. The molecule has 21 heavy (non-hydrogen) atoms. The first-order valence-corrected chi connectivity index (χ1v) is 7.72. The summed E-state index contributed by atoms with van der Waals surface area (Å²) in [5.74, 6) is 0.834. The van der Waals surface area contributed by atoms with Gasteiger partial charge in [0.2, 0.25) is 11.2 Å². The van der Waals surface area contributed by atoms with Gasteiger partial charge in [-0.3, -0.25) is 0 Å². The van der Waals surface area contributed by atoms with E-state index in [0.717, 1.165) is 6.42 Å². The third-order valence-corrected chi connectivity index (χ3v) is 4.06. The van der Waals surface area contributed by atoms with Crippen LogP contribution >= 0.6 is 22.9 Å². The molecule has 1 N–H and O–H groups in total. The summed E-state index contributed by atoms with van der Waals surface area (Å²) in [6.45, 7) is 2.81. The quantitative estimate of drug-likeness (QED) is 0.782. The van der Waals surface area contributed by atoms with E-state index in [4.69, 9.17) is 11.6 Å². The maximum Gasteiger partial charge on any atom is 0.256 e. The van der Waals surface area contributed by atoms with Crippen molar-refractivity contribution >= 4 is 28.9 Å². The second-order valence-corrected chi connectivity index (χ2v) is 5.59. The van der Waals surface area contributed by atoms with Gasteiger partial charge in [0.15, 0.2) is 0 Å². The molecule has 6 nitrogen and oxygen atoms in total. The van der Waals surface area contributed by atoms with Crippen molar-refractivity contribution < 1.29 is 0 Å². The molecule has 0 aromatic carbocycles. The predicted molar refractivity (Wildman–Crippen MR) is 83.0 cm³/mol. The molecule has 0 bridgehead atoms. The lowest BCUT2D eigenvalue weighted by molar-refractivity contribution is 0.795. The summed E-state index contributed by atoms with van der Waals surface area (Å²) in [4.78, 5) is 13.7. The van der Waals surface area contributed by atoms with E-state index in [1.807, 2.05) is 0 Å². The zero-order chi connectivity index (χ0) is 14.7. The Morgan fingerprint density at radius 2 is 2.24 bits per heavy atom. The summed E-state index contributed by atoms with van der Waals surface area (Å²) >= 11 is 7.66. The Morgan fingerprint density at radius 3 is 3.00 bits per heavy atom. The largest absolute Gasteiger partial charge is 0.349 e. The van der Waals surface area contributed by atoms with Crippen LogP contribution in [0.15, 0.2) is 29.9 Å². The van der Waals surface area contributed by atoms with Crippen LogP contribution < -0.4 is 5.32 Å². The van der Waals surface area contributed by atoms with Crippen molar-refractivity contribution in [3.05, 3.63) is 45.6 Å². The summed E-state index contributed by atoms with van der Waals surface area (Å²) in [7, 11) is 0. The number of nitrogens with zero attached hydrogens (tertiary/aromatic N) is 5. The Morgan fingerprint density at radius 1 is 1.33 bits per heavy atom. The topological polar surface area (TPSA) is 68.5 Å². The number of anilines is 1. The van der Waals surface area contributed by atoms with E-state index in [0.29, 0.717) is 18.4 Å². The molecule has 3 rings (SSSR count). The van der Waals surface area contributed by atoms with Crippen LogP contribution in [0.3, 0.4) is 0 Å². The number of rotatable bonds is 5. The van der Waals surface area contributed by atoms with Crippen LogP contribution in [-0.2, 0) is 13.0 Å². The monoisotopic (exact) mass is 320 g/mol. The number of aryl methyl sites for hydroxylation is 1. The van der Waals surface area contributed by atoms with Crippen LogP contribution in [0.4, 0.5) is 5.95 Å². The van der Waals surface area contributed by atoms with E-state index in [-0.39, 0.29) is 5.28 Å². The van der Waals surface area contributed by atoms with Crippen molar-refractivity contribution in [2.45, 2.75) is 19.9 Å². The van der Waals surface area contributed by atoms with Crippen molar-refractivity contribution in [1.82, 2.24) is 24.7 Å². The van der Waals surface area contributed by atoms with Gasteiger partial charge in [-0.2, -0.15) is 20.1 Å². The molecule has 0 spiro atoms. The number of aromatic nitrogens is 5. The highest BCUT2D eigenvalue weighted by molar-refractivity contribution is 7.10. The molecule has 0 radical (unpaired) electrons. The minimum absolute atomic E-state index is 0.139. The van der Waals surface area contributed by atoms with Crippen LogP contribution in [0.2, 0.25) is 5.28 Å². The first kappa shape index (κ1) is 14.0. The molecule has 0 atom stereocenters. The summed E-state index contributed by atoms with van der Waals surface area (Å²) in [5, 5.41) is 9.50. The Kier molecular flexibility index (Phi) is 4.12. The molecule has 8 heteroatoms. The fraction of sp³-hybridized carbons (Fsp3) is 0.231. The van der Waals surface area contributed by atoms with Crippen LogP contribution in [0.1, 0.15) is 17.4 Å². The number of hydrogen-bond donors (Lipinski definition) is 1. The lowest BCUT2D eigenvalue weighted by Crippen LogP contribution is -2.09. The molecule has 0 saturated heterocycles. The highest BCUT2D eigenvalue weighted by Gasteiger charge is 2.08. The predicted octanol–water partition coefficient (Wildman–Crippen LogP) is 2.95. The fourth-order valence-corrected chi connectivity index (χ4v) is 2.98. The Bertz CT molecular complexity index is 724. The van der Waals surface area contributed by atoms with Gasteiger partial charge >= 0.3 is 0 Å². The van der Waals surface area contributed by atoms with E-state index < -0.39 is 0 Å². The molecule has 3 aromatic heterocycles. The molecule has 3 heterocycles. The Hall–Kier alpha value is -1.99. The van der Waals surface area contributed by atoms with E-state index in [2.05, 4.69) is 43.7 Å². The molecule has 0 unspecified atom stereocenters. The lowest BCUT2D eigenvalue weighted by Gasteiger charge is -2.07. The van der Waals surface area contributed by atoms with E-state index >= 15 is 0 Å². The molecule has 0 aliphatic rings. The highest BCUT2D eigenvalue weighted by atomic mass is 35.5. The van der Waals surface area contributed by atoms with Crippen LogP contribution in [0.25, 0.3) is 5.95 Å². The third kappa shape index (κ3) is 3.20. The molecule has 0 amide bonds. The lowest BCUT2D eigenvalue weighted by atomic mass is 10.2. The van der Waals surface area contributed by atoms with Crippen molar-refractivity contribution in [3.63, 3.8) is 0 Å². The molecule has 0 aliphatic carbocycles. The normalized spacial score (nSPS) is 10.8. The van der Waals surface area contributed by atoms with Crippen molar-refractivity contribution in [1.29, 1.82) is 0 Å². The Balaban J connectivity index is 1.79. The van der Waals surface area contributed by atoms with Gasteiger partial charge in [-0.1, -0.05) is 6.92 Å². The number of halogens is 1. The average Bonchev–Trinajstić information content (AvgIpc) is 3.15. The Labute approximate surface area is 130 Å². The van der Waals surface area contributed by atoms with Gasteiger partial charge in [0.25, 0.3) is 5.95 Å². The summed E-state index contributed by atoms with van der Waals surface area (Å²) in [5.41, 5.74) is 1.33. The smallest absolute Gasteiger partial charge is 0.256 e. The van der Waals surface area contributed by atoms with Gasteiger partial charge in [0.05, 0.1) is 6.54 Å². The van der Waals surface area contributed by atoms with Gasteiger partial charge in [0, 0.05) is 17.3 Å². The zero-order valence-electron chi connectivity index (χ0n) is 11.3. The van der Waals surface area contributed by atoms with Gasteiger partial charge in [-0.25, -0.2) is 4.68 Å². The average molecular weight is 321 g/mol. The molecule has 108 valence electrons. The minimum atomic E-state index is 0.139. The minimum Gasteiger partial charge on any atom is -0.349 e. The summed E-state index contributed by atoms with van der Waals surface area (Å²) in [6.07, 6.45) is 4.42. The van der Waals surface area contributed by atoms with Crippen LogP contribution in [0.5, 0.6) is 0 Å². The van der Waals surface area contributed by atoms with Crippen molar-refractivity contribution in [2.75, 3.05) is 5.32 Å². The maximum atomic E-state index is 5.95. The standard InChI is InChI=1S/C13H13ClN6S/c1-2-9-4-7-21-10(9)8-15-12-17-11(14)18-13(19-12)20-6-3-5-16-20/h3-7H,2,8H2,1H3,(H,15,17,18,19). The third-order valence-electron chi connectivity index (χ3n) is 2.93. The van der Waals surface area contributed by atoms with Gasteiger partial charge in [-0.05, 0) is 41.1 Å². The van der Waals surface area contributed by atoms with Crippen molar-refractivity contribution in [2.24, 2.45) is 0 Å². The van der Waals surface area contributed by atoms with Gasteiger partial charge < -0.3 is 5.32 Å². The molecule has 0 fully saturated rings. The van der Waals surface area contributed by atoms with Crippen molar-refractivity contribution in [3.8, 4) is 5.95 Å². The highest BCUT2D eigenvalue weighted by Crippen LogP contribution is 2.18. The van der Waals surface area contributed by atoms with Crippen LogP contribution in [-0.4, -0.2) is 24.7 Å². The molecule has 0 saturated carbocycles. The van der Waals surface area contributed by atoms with E-state index in [1.54, 1.807) is 34.5 Å². The number of hydrogen-bond acceptors (Lipinski definition) is 6. The van der Waals surface area contributed by atoms with E-state index in [9.17, 15) is 0 Å². The molecular formula is C13H13ClN6S. The van der Waals surface area contributed by atoms with Gasteiger partial charge in [-0.15, -0.1) is 11.3 Å². The molecular weight excluding hydrogens is 308 g/mol. The number of thiophene rings is 1. The zero-order valence-corrected chi connectivity index (χ0v) is 12.9.